The summed E-state index contributed by atoms with van der Waals surface area (Å²) in [6, 6.07) is 4.04. The highest BCUT2D eigenvalue weighted by molar-refractivity contribution is 9.10. The van der Waals surface area contributed by atoms with Gasteiger partial charge in [-0.2, -0.15) is 0 Å². The molecule has 1 heterocycles. The van der Waals surface area contributed by atoms with Crippen molar-refractivity contribution in [2.24, 2.45) is 0 Å². The normalized spacial score (nSPS) is 18.5. The first-order chi connectivity index (χ1) is 7.06. The number of rotatable bonds is 2. The maximum Gasteiger partial charge on any atom is 0.134 e. The van der Waals surface area contributed by atoms with Gasteiger partial charge in [-0.05, 0) is 31.5 Å². The van der Waals surface area contributed by atoms with Gasteiger partial charge < -0.3 is 4.74 Å². The zero-order chi connectivity index (χ0) is 11.0. The molecule has 2 rings (SSSR count). The molecule has 0 saturated carbocycles. The summed E-state index contributed by atoms with van der Waals surface area (Å²) in [6.07, 6.45) is 1.61. The molecule has 0 bridgehead atoms. The van der Waals surface area contributed by atoms with E-state index in [4.69, 9.17) is 4.74 Å². The van der Waals surface area contributed by atoms with Crippen LogP contribution in [0.15, 0.2) is 16.6 Å². The number of carbonyl (C=O) groups excluding carboxylic acids is 1. The third-order valence-electron chi connectivity index (χ3n) is 2.47. The van der Waals surface area contributed by atoms with Crippen molar-refractivity contribution >= 4 is 21.7 Å². The smallest absolute Gasteiger partial charge is 0.134 e. The van der Waals surface area contributed by atoms with Gasteiger partial charge in [-0.25, -0.2) is 0 Å². The van der Waals surface area contributed by atoms with Gasteiger partial charge in [-0.3, -0.25) is 4.79 Å². The van der Waals surface area contributed by atoms with E-state index in [-0.39, 0.29) is 11.9 Å². The summed E-state index contributed by atoms with van der Waals surface area (Å²) in [5.74, 6) is 1.08. The third kappa shape index (κ3) is 2.23. The van der Waals surface area contributed by atoms with Crippen molar-refractivity contribution in [1.82, 2.24) is 0 Å². The summed E-state index contributed by atoms with van der Waals surface area (Å²) < 4.78 is 6.74. The lowest BCUT2D eigenvalue weighted by atomic mass is 10.0. The second kappa shape index (κ2) is 3.97. The van der Waals surface area contributed by atoms with Crippen LogP contribution < -0.4 is 4.74 Å². The van der Waals surface area contributed by atoms with Crippen molar-refractivity contribution in [3.63, 3.8) is 0 Å². The first-order valence-electron chi connectivity index (χ1n) is 5.03. The van der Waals surface area contributed by atoms with Gasteiger partial charge in [0.25, 0.3) is 0 Å². The number of fused-ring (bicyclic) bond motifs is 1. The zero-order valence-corrected chi connectivity index (χ0v) is 10.4. The lowest BCUT2D eigenvalue weighted by Crippen LogP contribution is -2.06. The highest BCUT2D eigenvalue weighted by Gasteiger charge is 2.23. The Morgan fingerprint density at radius 3 is 3.00 bits per heavy atom. The molecule has 1 aromatic carbocycles. The molecule has 2 nitrogen and oxygen atoms in total. The van der Waals surface area contributed by atoms with Crippen LogP contribution in [-0.2, 0) is 17.6 Å². The molecule has 1 atom stereocenters. The predicted molar refractivity (Wildman–Crippen MR) is 62.3 cm³/mol. The van der Waals surface area contributed by atoms with Crippen molar-refractivity contribution < 1.29 is 9.53 Å². The predicted octanol–water partition coefficient (Wildman–Crippen LogP) is 2.90. The molecule has 1 aliphatic rings. The topological polar surface area (TPSA) is 26.3 Å². The molecule has 0 aromatic heterocycles. The van der Waals surface area contributed by atoms with Crippen LogP contribution in [0.3, 0.4) is 0 Å². The SMILES string of the molecule is CC(=O)Cc1cc(Br)cc2c1OC(C)C2. The van der Waals surface area contributed by atoms with Gasteiger partial charge in [0, 0.05) is 22.9 Å². The van der Waals surface area contributed by atoms with Gasteiger partial charge in [0.2, 0.25) is 0 Å². The van der Waals surface area contributed by atoms with Crippen LogP contribution in [0, 0.1) is 0 Å². The molecule has 0 radical (unpaired) electrons. The molecule has 0 N–H and O–H groups in total. The van der Waals surface area contributed by atoms with E-state index in [1.165, 1.54) is 5.56 Å². The largest absolute Gasteiger partial charge is 0.490 e. The maximum absolute atomic E-state index is 11.1. The monoisotopic (exact) mass is 268 g/mol. The summed E-state index contributed by atoms with van der Waals surface area (Å²) in [5.41, 5.74) is 2.20. The zero-order valence-electron chi connectivity index (χ0n) is 8.84. The molecular formula is C12H13BrO2. The Labute approximate surface area is 97.8 Å². The molecular weight excluding hydrogens is 256 g/mol. The van der Waals surface area contributed by atoms with Gasteiger partial charge >= 0.3 is 0 Å². The van der Waals surface area contributed by atoms with Crippen LogP contribution in [-0.4, -0.2) is 11.9 Å². The number of hydrogen-bond donors (Lipinski definition) is 0. The average molecular weight is 269 g/mol. The molecule has 0 aliphatic carbocycles. The van der Waals surface area contributed by atoms with Crippen LogP contribution in [0.4, 0.5) is 0 Å². The molecule has 1 unspecified atom stereocenters. The molecule has 0 saturated heterocycles. The Kier molecular flexibility index (Phi) is 2.83. The minimum atomic E-state index is 0.165. The molecule has 0 amide bonds. The number of benzene rings is 1. The fourth-order valence-corrected chi connectivity index (χ4v) is 2.52. The average Bonchev–Trinajstić information content (AvgIpc) is 2.44. The number of ketones is 1. The van der Waals surface area contributed by atoms with Crippen molar-refractivity contribution in [2.75, 3.05) is 0 Å². The van der Waals surface area contributed by atoms with E-state index >= 15 is 0 Å². The Bertz CT molecular complexity index is 412. The fraction of sp³-hybridized carbons (Fsp3) is 0.417. The van der Waals surface area contributed by atoms with Gasteiger partial charge in [0.1, 0.15) is 17.6 Å². The van der Waals surface area contributed by atoms with Crippen molar-refractivity contribution in [3.05, 3.63) is 27.7 Å². The molecule has 1 aliphatic heterocycles. The lowest BCUT2D eigenvalue weighted by molar-refractivity contribution is -0.116. The first-order valence-corrected chi connectivity index (χ1v) is 5.83. The minimum absolute atomic E-state index is 0.165. The van der Waals surface area contributed by atoms with E-state index in [1.54, 1.807) is 6.92 Å². The van der Waals surface area contributed by atoms with Crippen molar-refractivity contribution in [2.45, 2.75) is 32.8 Å². The number of ether oxygens (including phenoxy) is 1. The fourth-order valence-electron chi connectivity index (χ4n) is 1.97. The van der Waals surface area contributed by atoms with Gasteiger partial charge in [0.05, 0.1) is 0 Å². The number of hydrogen-bond acceptors (Lipinski definition) is 2. The third-order valence-corrected chi connectivity index (χ3v) is 2.93. The van der Waals surface area contributed by atoms with Crippen LogP contribution in [0.2, 0.25) is 0 Å². The van der Waals surface area contributed by atoms with E-state index in [0.29, 0.717) is 6.42 Å². The molecule has 0 fully saturated rings. The van der Waals surface area contributed by atoms with E-state index < -0.39 is 0 Å². The summed E-state index contributed by atoms with van der Waals surface area (Å²) in [7, 11) is 0. The Hall–Kier alpha value is -0.830. The number of carbonyl (C=O) groups is 1. The highest BCUT2D eigenvalue weighted by atomic mass is 79.9. The molecule has 1 aromatic rings. The van der Waals surface area contributed by atoms with E-state index in [0.717, 1.165) is 22.2 Å². The van der Waals surface area contributed by atoms with E-state index in [2.05, 4.69) is 22.0 Å². The van der Waals surface area contributed by atoms with Crippen molar-refractivity contribution in [3.8, 4) is 5.75 Å². The molecule has 80 valence electrons. The van der Waals surface area contributed by atoms with Crippen LogP contribution >= 0.6 is 15.9 Å². The summed E-state index contributed by atoms with van der Waals surface area (Å²) in [4.78, 5) is 11.1. The minimum Gasteiger partial charge on any atom is -0.490 e. The van der Waals surface area contributed by atoms with Gasteiger partial charge in [0.15, 0.2) is 0 Å². The second-order valence-electron chi connectivity index (χ2n) is 4.06. The van der Waals surface area contributed by atoms with Gasteiger partial charge in [-0.1, -0.05) is 15.9 Å². The standard InChI is InChI=1S/C12H13BrO2/c1-7(14)3-9-5-11(13)6-10-4-8(2)15-12(9)10/h5-6,8H,3-4H2,1-2H3. The van der Waals surface area contributed by atoms with Crippen LogP contribution in [0.1, 0.15) is 25.0 Å². The summed E-state index contributed by atoms with van der Waals surface area (Å²) >= 11 is 3.46. The van der Waals surface area contributed by atoms with E-state index in [1.807, 2.05) is 13.0 Å². The van der Waals surface area contributed by atoms with Gasteiger partial charge in [-0.15, -0.1) is 0 Å². The lowest BCUT2D eigenvalue weighted by Gasteiger charge is -2.08. The maximum atomic E-state index is 11.1. The number of Topliss-reactive ketones (excluding diaryl/α,β-unsaturated/α-hetero) is 1. The molecule has 0 spiro atoms. The highest BCUT2D eigenvalue weighted by Crippen LogP contribution is 2.35. The molecule has 15 heavy (non-hydrogen) atoms. The summed E-state index contributed by atoms with van der Waals surface area (Å²) in [5, 5.41) is 0. The number of halogens is 1. The van der Waals surface area contributed by atoms with Crippen LogP contribution in [0.5, 0.6) is 5.75 Å². The van der Waals surface area contributed by atoms with E-state index in [9.17, 15) is 4.79 Å². The summed E-state index contributed by atoms with van der Waals surface area (Å²) in [6.45, 7) is 3.65. The van der Waals surface area contributed by atoms with Crippen molar-refractivity contribution in [1.29, 1.82) is 0 Å². The molecule has 3 heteroatoms. The quantitative estimate of drug-likeness (QED) is 0.825. The first kappa shape index (κ1) is 10.7. The Morgan fingerprint density at radius 1 is 1.60 bits per heavy atom. The second-order valence-corrected chi connectivity index (χ2v) is 4.98. The Morgan fingerprint density at radius 2 is 2.33 bits per heavy atom. The Balaban J connectivity index is 2.42. The van der Waals surface area contributed by atoms with Crippen LogP contribution in [0.25, 0.3) is 0 Å².